The van der Waals surface area contributed by atoms with Crippen molar-refractivity contribution in [2.45, 2.75) is 64.4 Å². The van der Waals surface area contributed by atoms with Gasteiger partial charge in [0.15, 0.2) is 0 Å². The number of fused-ring (bicyclic) bond motifs is 1. The number of carboxylic acids is 1. The van der Waals surface area contributed by atoms with Gasteiger partial charge in [0.05, 0.1) is 29.8 Å². The van der Waals surface area contributed by atoms with Gasteiger partial charge in [-0.3, -0.25) is 14.9 Å². The van der Waals surface area contributed by atoms with Gasteiger partial charge in [0, 0.05) is 37.5 Å². The third-order valence-corrected chi connectivity index (χ3v) is 6.37. The SMILES string of the molecule is Cc1cc(-c2nc3cc(CNC(C(=O)O)C(C)O)ccc3n2CC2CCCCO2)cn(C)c1=O. The highest BCUT2D eigenvalue weighted by molar-refractivity contribution is 5.81. The molecule has 34 heavy (non-hydrogen) atoms. The molecule has 1 aliphatic heterocycles. The number of rotatable bonds is 8. The number of nitrogens with zero attached hydrogens (tertiary/aromatic N) is 3. The van der Waals surface area contributed by atoms with Crippen LogP contribution in [0.25, 0.3) is 22.4 Å². The summed E-state index contributed by atoms with van der Waals surface area (Å²) in [5, 5.41) is 21.9. The number of carbonyl (C=O) groups is 1. The predicted molar refractivity (Wildman–Crippen MR) is 129 cm³/mol. The number of benzene rings is 1. The second-order valence-corrected chi connectivity index (χ2v) is 9.12. The number of hydrogen-bond donors (Lipinski definition) is 3. The number of aliphatic hydroxyl groups is 1. The lowest BCUT2D eigenvalue weighted by atomic mass is 10.1. The Morgan fingerprint density at radius 3 is 2.76 bits per heavy atom. The molecule has 0 bridgehead atoms. The molecular weight excluding hydrogens is 436 g/mol. The maximum Gasteiger partial charge on any atom is 0.323 e. The zero-order valence-electron chi connectivity index (χ0n) is 19.8. The molecule has 9 nitrogen and oxygen atoms in total. The highest BCUT2D eigenvalue weighted by atomic mass is 16.5. The van der Waals surface area contributed by atoms with Gasteiger partial charge >= 0.3 is 5.97 Å². The minimum Gasteiger partial charge on any atom is -0.480 e. The van der Waals surface area contributed by atoms with Gasteiger partial charge in [0.25, 0.3) is 5.56 Å². The second kappa shape index (κ2) is 10.1. The number of hydrogen-bond acceptors (Lipinski definition) is 6. The third-order valence-electron chi connectivity index (χ3n) is 6.37. The summed E-state index contributed by atoms with van der Waals surface area (Å²) in [6, 6.07) is 6.66. The van der Waals surface area contributed by atoms with Crippen LogP contribution < -0.4 is 10.9 Å². The van der Waals surface area contributed by atoms with Crippen LogP contribution in [0.2, 0.25) is 0 Å². The van der Waals surface area contributed by atoms with Crippen LogP contribution in [-0.2, 0) is 29.7 Å². The number of aliphatic hydroxyl groups excluding tert-OH is 1. The van der Waals surface area contributed by atoms with Crippen molar-refractivity contribution in [3.63, 3.8) is 0 Å². The lowest BCUT2D eigenvalue weighted by Gasteiger charge is -2.24. The van der Waals surface area contributed by atoms with Crippen molar-refractivity contribution in [1.82, 2.24) is 19.4 Å². The zero-order valence-corrected chi connectivity index (χ0v) is 19.8. The molecule has 3 atom stereocenters. The Morgan fingerprint density at radius 2 is 2.12 bits per heavy atom. The largest absolute Gasteiger partial charge is 0.480 e. The molecule has 3 heterocycles. The molecule has 0 amide bonds. The zero-order chi connectivity index (χ0) is 24.4. The number of aliphatic carboxylic acids is 1. The van der Waals surface area contributed by atoms with Gasteiger partial charge in [-0.05, 0) is 56.9 Å². The summed E-state index contributed by atoms with van der Waals surface area (Å²) in [4.78, 5) is 28.5. The molecule has 0 radical (unpaired) electrons. The van der Waals surface area contributed by atoms with Gasteiger partial charge in [0.1, 0.15) is 11.9 Å². The van der Waals surface area contributed by atoms with E-state index in [1.54, 1.807) is 24.7 Å². The molecule has 1 aromatic carbocycles. The summed E-state index contributed by atoms with van der Waals surface area (Å²) < 4.78 is 9.72. The van der Waals surface area contributed by atoms with Crippen LogP contribution >= 0.6 is 0 Å². The minimum atomic E-state index is -1.10. The maximum atomic E-state index is 12.2. The number of ether oxygens (including phenoxy) is 1. The summed E-state index contributed by atoms with van der Waals surface area (Å²) in [7, 11) is 1.74. The molecule has 3 aromatic rings. The molecule has 0 spiro atoms. The van der Waals surface area contributed by atoms with E-state index in [1.807, 2.05) is 24.3 Å². The third kappa shape index (κ3) is 5.06. The van der Waals surface area contributed by atoms with Crippen LogP contribution in [0, 0.1) is 6.92 Å². The fraction of sp³-hybridized carbons (Fsp3) is 0.480. The number of pyridine rings is 1. The van der Waals surface area contributed by atoms with E-state index in [1.165, 1.54) is 6.92 Å². The van der Waals surface area contributed by atoms with Gasteiger partial charge in [-0.15, -0.1) is 0 Å². The summed E-state index contributed by atoms with van der Waals surface area (Å²) in [5.41, 5.74) is 4.05. The summed E-state index contributed by atoms with van der Waals surface area (Å²) >= 11 is 0. The minimum absolute atomic E-state index is 0.0403. The van der Waals surface area contributed by atoms with Crippen molar-refractivity contribution in [1.29, 1.82) is 0 Å². The highest BCUT2D eigenvalue weighted by Gasteiger charge is 2.23. The number of aromatic nitrogens is 3. The molecule has 3 unspecified atom stereocenters. The quantitative estimate of drug-likeness (QED) is 0.464. The Hall–Kier alpha value is -3.01. The van der Waals surface area contributed by atoms with Gasteiger partial charge in [-0.2, -0.15) is 0 Å². The molecule has 1 saturated heterocycles. The Bertz CT molecular complexity index is 1210. The Labute approximate surface area is 198 Å². The Balaban J connectivity index is 1.72. The van der Waals surface area contributed by atoms with Crippen molar-refractivity contribution in [3.05, 3.63) is 51.9 Å². The van der Waals surface area contributed by atoms with E-state index in [9.17, 15) is 19.8 Å². The predicted octanol–water partition coefficient (Wildman–Crippen LogP) is 2.20. The smallest absolute Gasteiger partial charge is 0.323 e. The first kappa shape index (κ1) is 24.1. The van der Waals surface area contributed by atoms with Gasteiger partial charge in [-0.1, -0.05) is 6.07 Å². The first-order valence-corrected chi connectivity index (χ1v) is 11.7. The molecule has 1 fully saturated rings. The normalized spacial score (nSPS) is 18.2. The van der Waals surface area contributed by atoms with E-state index in [0.29, 0.717) is 12.1 Å². The van der Waals surface area contributed by atoms with Crippen molar-refractivity contribution in [2.24, 2.45) is 7.05 Å². The van der Waals surface area contributed by atoms with Gasteiger partial charge in [0.2, 0.25) is 0 Å². The summed E-state index contributed by atoms with van der Waals surface area (Å²) in [6.07, 6.45) is 4.09. The standard InChI is InChI=1S/C25H32N4O5/c1-15-10-18(13-28(3)24(15)31)23-27-20-11-17(12-26-22(16(2)30)25(32)33)7-8-21(20)29(23)14-19-6-4-5-9-34-19/h7-8,10-11,13,16,19,22,26,30H,4-6,9,12,14H2,1-3H3,(H,32,33). The van der Waals surface area contributed by atoms with E-state index in [2.05, 4.69) is 9.88 Å². The van der Waals surface area contributed by atoms with E-state index in [-0.39, 0.29) is 18.2 Å². The number of aryl methyl sites for hydroxylation is 2. The van der Waals surface area contributed by atoms with Crippen LogP contribution in [0.3, 0.4) is 0 Å². The molecule has 0 aliphatic carbocycles. The molecule has 1 aliphatic rings. The fourth-order valence-corrected chi connectivity index (χ4v) is 4.54. The molecular formula is C25H32N4O5. The molecule has 182 valence electrons. The van der Waals surface area contributed by atoms with E-state index in [4.69, 9.17) is 9.72 Å². The molecule has 0 saturated carbocycles. The van der Waals surface area contributed by atoms with Crippen LogP contribution in [0.5, 0.6) is 0 Å². The van der Waals surface area contributed by atoms with E-state index in [0.717, 1.165) is 53.9 Å². The molecule has 9 heteroatoms. The van der Waals surface area contributed by atoms with Crippen molar-refractivity contribution in [3.8, 4) is 11.4 Å². The number of nitrogens with one attached hydrogen (secondary N) is 1. The lowest BCUT2D eigenvalue weighted by Crippen LogP contribution is -2.44. The molecule has 2 aromatic heterocycles. The van der Waals surface area contributed by atoms with E-state index >= 15 is 0 Å². The highest BCUT2D eigenvalue weighted by Crippen LogP contribution is 2.28. The first-order valence-electron chi connectivity index (χ1n) is 11.7. The fourth-order valence-electron chi connectivity index (χ4n) is 4.54. The Kier molecular flexibility index (Phi) is 7.16. The van der Waals surface area contributed by atoms with Crippen LogP contribution in [0.4, 0.5) is 0 Å². The van der Waals surface area contributed by atoms with Crippen LogP contribution in [0.15, 0.2) is 35.3 Å². The maximum absolute atomic E-state index is 12.2. The van der Waals surface area contributed by atoms with Crippen molar-refractivity contribution in [2.75, 3.05) is 6.61 Å². The van der Waals surface area contributed by atoms with Crippen molar-refractivity contribution < 1.29 is 19.7 Å². The summed E-state index contributed by atoms with van der Waals surface area (Å²) in [5.74, 6) is -0.333. The topological polar surface area (TPSA) is 119 Å². The van der Waals surface area contributed by atoms with Gasteiger partial charge < -0.3 is 24.1 Å². The first-order chi connectivity index (χ1) is 16.2. The van der Waals surface area contributed by atoms with Crippen LogP contribution in [0.1, 0.15) is 37.3 Å². The molecule has 3 N–H and O–H groups in total. The lowest BCUT2D eigenvalue weighted by molar-refractivity contribution is -0.142. The number of imidazole rings is 1. The van der Waals surface area contributed by atoms with Crippen molar-refractivity contribution >= 4 is 17.0 Å². The second-order valence-electron chi connectivity index (χ2n) is 9.12. The summed E-state index contributed by atoms with van der Waals surface area (Å²) in [6.45, 7) is 4.95. The Morgan fingerprint density at radius 1 is 1.32 bits per heavy atom. The van der Waals surface area contributed by atoms with Gasteiger partial charge in [-0.25, -0.2) is 4.98 Å². The average molecular weight is 469 g/mol. The average Bonchev–Trinajstić information content (AvgIpc) is 3.15. The van der Waals surface area contributed by atoms with E-state index < -0.39 is 18.1 Å². The van der Waals surface area contributed by atoms with Crippen LogP contribution in [-0.4, -0.2) is 55.2 Å². The molecule has 4 rings (SSSR count). The number of carboxylic acid groups (broad SMARTS) is 1. The monoisotopic (exact) mass is 468 g/mol.